The predicted octanol–water partition coefficient (Wildman–Crippen LogP) is 1.18. The Morgan fingerprint density at radius 1 is 1.14 bits per heavy atom. The van der Waals surface area contributed by atoms with Crippen LogP contribution in [-0.2, 0) is 21.3 Å². The van der Waals surface area contributed by atoms with Gasteiger partial charge in [0.2, 0.25) is 10.0 Å². The Labute approximate surface area is 163 Å². The van der Waals surface area contributed by atoms with Crippen molar-refractivity contribution < 1.29 is 13.2 Å². The largest absolute Gasteiger partial charge is 0.379 e. The van der Waals surface area contributed by atoms with Crippen molar-refractivity contribution in [3.63, 3.8) is 0 Å². The lowest BCUT2D eigenvalue weighted by atomic mass is 10.1. The fourth-order valence-electron chi connectivity index (χ4n) is 3.43. The van der Waals surface area contributed by atoms with Gasteiger partial charge in [-0.3, -0.25) is 0 Å². The highest BCUT2D eigenvalue weighted by Gasteiger charge is 2.29. The topological polar surface area (TPSA) is 85.9 Å². The predicted molar refractivity (Wildman–Crippen MR) is 104 cm³/mol. The lowest BCUT2D eigenvalue weighted by molar-refractivity contribution is 0.0730. The van der Waals surface area contributed by atoms with Gasteiger partial charge in [-0.1, -0.05) is 23.8 Å². The summed E-state index contributed by atoms with van der Waals surface area (Å²) in [5.74, 6) is 0. The number of fused-ring (bicyclic) bond motifs is 1. The van der Waals surface area contributed by atoms with Crippen molar-refractivity contribution in [2.75, 3.05) is 26.3 Å². The van der Waals surface area contributed by atoms with Gasteiger partial charge in [-0.15, -0.1) is 5.10 Å². The number of benzene rings is 1. The number of pyridine rings is 1. The average Bonchev–Trinajstić information content (AvgIpc) is 3.00. The third kappa shape index (κ3) is 3.25. The number of sulfonamides is 1. The average molecular weight is 402 g/mol. The maximum absolute atomic E-state index is 13.1. The van der Waals surface area contributed by atoms with E-state index in [0.717, 1.165) is 16.7 Å². The number of aromatic nitrogens is 3. The maximum atomic E-state index is 13.1. The number of ether oxygens (including phenoxy) is 1. The van der Waals surface area contributed by atoms with E-state index in [1.165, 1.54) is 19.5 Å². The van der Waals surface area contributed by atoms with Crippen molar-refractivity contribution in [1.82, 2.24) is 18.5 Å². The Morgan fingerprint density at radius 2 is 1.89 bits per heavy atom. The molecule has 2 aromatic heterocycles. The number of aryl methyl sites for hydroxylation is 2. The number of hydrogen-bond donors (Lipinski definition) is 0. The van der Waals surface area contributed by atoms with E-state index < -0.39 is 10.0 Å². The molecule has 1 saturated heterocycles. The van der Waals surface area contributed by atoms with Crippen LogP contribution < -0.4 is 5.69 Å². The molecular formula is C19H22N4O4S. The van der Waals surface area contributed by atoms with Gasteiger partial charge in [0.05, 0.1) is 19.8 Å². The van der Waals surface area contributed by atoms with Crippen LogP contribution in [0.5, 0.6) is 0 Å². The van der Waals surface area contributed by atoms with Crippen LogP contribution in [0.2, 0.25) is 0 Å². The fraction of sp³-hybridized carbons (Fsp3) is 0.368. The molecule has 0 aliphatic carbocycles. The van der Waals surface area contributed by atoms with E-state index in [-0.39, 0.29) is 35.9 Å². The third-order valence-corrected chi connectivity index (χ3v) is 6.90. The number of hydrogen-bond acceptors (Lipinski definition) is 5. The van der Waals surface area contributed by atoms with Crippen molar-refractivity contribution in [1.29, 1.82) is 0 Å². The third-order valence-electron chi connectivity index (χ3n) is 4.98. The molecule has 1 fully saturated rings. The van der Waals surface area contributed by atoms with Crippen molar-refractivity contribution >= 4 is 15.7 Å². The first-order valence-corrected chi connectivity index (χ1v) is 10.5. The lowest BCUT2D eigenvalue weighted by Gasteiger charge is -2.25. The van der Waals surface area contributed by atoms with Crippen LogP contribution in [0.1, 0.15) is 16.7 Å². The number of rotatable bonds is 4. The van der Waals surface area contributed by atoms with Crippen LogP contribution in [0.4, 0.5) is 0 Å². The maximum Gasteiger partial charge on any atom is 0.350 e. The van der Waals surface area contributed by atoms with Gasteiger partial charge in [-0.2, -0.15) is 4.31 Å². The smallest absolute Gasteiger partial charge is 0.350 e. The minimum absolute atomic E-state index is 0.0355. The van der Waals surface area contributed by atoms with Crippen LogP contribution >= 0.6 is 0 Å². The summed E-state index contributed by atoms with van der Waals surface area (Å²) in [5, 5.41) is 4.36. The van der Waals surface area contributed by atoms with Gasteiger partial charge in [0.15, 0.2) is 5.65 Å². The molecule has 3 heterocycles. The van der Waals surface area contributed by atoms with Crippen molar-refractivity contribution in [2.45, 2.75) is 25.3 Å². The molecule has 9 heteroatoms. The standard InChI is InChI=1S/C19H22N4O4S/c1-14-5-6-16(15(2)12-14)13-23-19(24)22-7-3-4-17(18(22)20-23)28(25,26)21-8-10-27-11-9-21/h3-7,12H,8-11,13H2,1-2H3. The van der Waals surface area contributed by atoms with Crippen molar-refractivity contribution in [3.05, 3.63) is 63.7 Å². The Bertz CT molecular complexity index is 1190. The molecule has 8 nitrogen and oxygen atoms in total. The van der Waals surface area contributed by atoms with Crippen molar-refractivity contribution in [2.24, 2.45) is 0 Å². The molecule has 0 bridgehead atoms. The Balaban J connectivity index is 1.79. The van der Waals surface area contributed by atoms with E-state index in [0.29, 0.717) is 13.2 Å². The second-order valence-electron chi connectivity index (χ2n) is 6.95. The van der Waals surface area contributed by atoms with Crippen molar-refractivity contribution in [3.8, 4) is 0 Å². The highest BCUT2D eigenvalue weighted by Crippen LogP contribution is 2.20. The quantitative estimate of drug-likeness (QED) is 0.654. The van der Waals surface area contributed by atoms with Gasteiger partial charge in [0.25, 0.3) is 0 Å². The number of nitrogens with zero attached hydrogens (tertiary/aromatic N) is 4. The highest BCUT2D eigenvalue weighted by molar-refractivity contribution is 7.89. The van der Waals surface area contributed by atoms with E-state index in [1.807, 2.05) is 32.0 Å². The molecule has 28 heavy (non-hydrogen) atoms. The van der Waals surface area contributed by atoms with Crippen LogP contribution in [0.15, 0.2) is 46.2 Å². The fourth-order valence-corrected chi connectivity index (χ4v) is 4.96. The molecule has 4 rings (SSSR count). The van der Waals surface area contributed by atoms with Gasteiger partial charge in [-0.25, -0.2) is 22.3 Å². The summed E-state index contributed by atoms with van der Waals surface area (Å²) in [6.45, 7) is 5.57. The summed E-state index contributed by atoms with van der Waals surface area (Å²) in [6.07, 6.45) is 1.54. The second kappa shape index (κ2) is 7.16. The van der Waals surface area contributed by atoms with E-state index >= 15 is 0 Å². The summed E-state index contributed by atoms with van der Waals surface area (Å²) in [5.41, 5.74) is 2.94. The van der Waals surface area contributed by atoms with Gasteiger partial charge >= 0.3 is 5.69 Å². The molecule has 1 aromatic carbocycles. The zero-order valence-corrected chi connectivity index (χ0v) is 16.6. The Hall–Kier alpha value is -2.49. The van der Waals surface area contributed by atoms with Gasteiger partial charge in [0.1, 0.15) is 4.90 Å². The lowest BCUT2D eigenvalue weighted by Crippen LogP contribution is -2.40. The molecule has 3 aromatic rings. The monoisotopic (exact) mass is 402 g/mol. The van der Waals surface area contributed by atoms with Gasteiger partial charge < -0.3 is 4.74 Å². The van der Waals surface area contributed by atoms with Gasteiger partial charge in [-0.05, 0) is 37.1 Å². The zero-order chi connectivity index (χ0) is 19.9. The van der Waals surface area contributed by atoms with E-state index in [2.05, 4.69) is 5.10 Å². The first kappa shape index (κ1) is 18.9. The van der Waals surface area contributed by atoms with E-state index in [9.17, 15) is 13.2 Å². The molecule has 0 radical (unpaired) electrons. The van der Waals surface area contributed by atoms with Crippen LogP contribution in [-0.4, -0.2) is 53.2 Å². The van der Waals surface area contributed by atoms with Gasteiger partial charge in [0, 0.05) is 19.3 Å². The van der Waals surface area contributed by atoms with Crippen LogP contribution in [0.25, 0.3) is 5.65 Å². The first-order chi connectivity index (χ1) is 13.4. The highest BCUT2D eigenvalue weighted by atomic mass is 32.2. The first-order valence-electron chi connectivity index (χ1n) is 9.10. The molecule has 1 aliphatic heterocycles. The summed E-state index contributed by atoms with van der Waals surface area (Å²) in [6, 6.07) is 9.05. The second-order valence-corrected chi connectivity index (χ2v) is 8.86. The minimum atomic E-state index is -3.76. The number of morpholine rings is 1. The summed E-state index contributed by atoms with van der Waals surface area (Å²) in [7, 11) is -3.76. The molecule has 0 atom stereocenters. The normalized spacial score (nSPS) is 15.9. The van der Waals surface area contributed by atoms with Crippen LogP contribution in [0.3, 0.4) is 0 Å². The Morgan fingerprint density at radius 3 is 2.61 bits per heavy atom. The van der Waals surface area contributed by atoms with Crippen LogP contribution in [0, 0.1) is 13.8 Å². The zero-order valence-electron chi connectivity index (χ0n) is 15.8. The summed E-state index contributed by atoms with van der Waals surface area (Å²) in [4.78, 5) is 12.8. The SMILES string of the molecule is Cc1ccc(Cn2nc3c(S(=O)(=O)N4CCOCC4)cccn3c2=O)c(C)c1. The molecular weight excluding hydrogens is 380 g/mol. The molecule has 0 saturated carbocycles. The Kier molecular flexibility index (Phi) is 4.82. The molecule has 148 valence electrons. The molecule has 1 aliphatic rings. The molecule has 0 amide bonds. The molecule has 0 spiro atoms. The summed E-state index contributed by atoms with van der Waals surface area (Å²) >= 11 is 0. The summed E-state index contributed by atoms with van der Waals surface area (Å²) < 4.78 is 35.4. The minimum Gasteiger partial charge on any atom is -0.379 e. The van der Waals surface area contributed by atoms with E-state index in [4.69, 9.17) is 4.74 Å². The van der Waals surface area contributed by atoms with E-state index in [1.54, 1.807) is 12.3 Å². The molecule has 0 unspecified atom stereocenters. The molecule has 0 N–H and O–H groups in total.